The van der Waals surface area contributed by atoms with E-state index in [1.54, 1.807) is 11.0 Å². The number of likely N-dealkylation sites (tertiary alicyclic amines) is 1. The van der Waals surface area contributed by atoms with E-state index < -0.39 is 12.0 Å². The van der Waals surface area contributed by atoms with Gasteiger partial charge in [-0.15, -0.1) is 11.8 Å². The van der Waals surface area contributed by atoms with Crippen LogP contribution < -0.4 is 10.3 Å². The van der Waals surface area contributed by atoms with Crippen LogP contribution in [0, 0.1) is 0 Å². The highest BCUT2D eigenvalue weighted by Gasteiger charge is 2.51. The van der Waals surface area contributed by atoms with Gasteiger partial charge in [0.05, 0.1) is 0 Å². The minimum atomic E-state index is -1.17. The van der Waals surface area contributed by atoms with Crippen molar-refractivity contribution >= 4 is 29.5 Å². The second-order valence-electron chi connectivity index (χ2n) is 7.06. The summed E-state index contributed by atoms with van der Waals surface area (Å²) in [6, 6.07) is 5.17. The van der Waals surface area contributed by atoms with Gasteiger partial charge in [0.1, 0.15) is 30.7 Å². The Balaban J connectivity index is 1.58. The molecular formula is C19H21N4O4S+. The fourth-order valence-corrected chi connectivity index (χ4v) is 4.98. The number of carboxylic acids is 1. The van der Waals surface area contributed by atoms with Crippen LogP contribution in [-0.4, -0.2) is 56.4 Å². The summed E-state index contributed by atoms with van der Waals surface area (Å²) in [5, 5.41) is 9.28. The van der Waals surface area contributed by atoms with E-state index in [0.717, 1.165) is 5.69 Å². The molecule has 4 heterocycles. The van der Waals surface area contributed by atoms with Gasteiger partial charge >= 0.3 is 5.97 Å². The number of aliphatic carboxylic acids is 1. The fourth-order valence-electron chi connectivity index (χ4n) is 3.73. The van der Waals surface area contributed by atoms with Gasteiger partial charge in [0.15, 0.2) is 6.20 Å². The number of carbonyl (C=O) groups is 3. The Morgan fingerprint density at radius 3 is 2.93 bits per heavy atom. The molecule has 4 rings (SSSR count). The Morgan fingerprint density at radius 2 is 2.21 bits per heavy atom. The standard InChI is InChI=1S/C19H20N4O4S/c1-21-6-3-2-4-13(21)9-22-7-5-11(16(22)24)8-12-10-28-18-14(20)17(25)23(18)15(12)19(26)27/h2-4,6,8,14,18H,5,7,9-10,20H2,1H3/p+1/t14-,18-/m1/s1. The zero-order valence-electron chi connectivity index (χ0n) is 15.4. The molecule has 0 aliphatic carbocycles. The zero-order chi connectivity index (χ0) is 20.0. The molecule has 0 spiro atoms. The predicted octanol–water partition coefficient (Wildman–Crippen LogP) is -0.249. The first-order chi connectivity index (χ1) is 13.4. The average Bonchev–Trinajstić information content (AvgIpc) is 3.02. The third-order valence-corrected chi connectivity index (χ3v) is 6.64. The van der Waals surface area contributed by atoms with Crippen molar-refractivity contribution in [3.8, 4) is 0 Å². The number of aryl methyl sites for hydroxylation is 1. The maximum absolute atomic E-state index is 12.8. The number of allylic oxidation sites excluding steroid dienone is 1. The highest BCUT2D eigenvalue weighted by molar-refractivity contribution is 8.00. The maximum Gasteiger partial charge on any atom is 0.352 e. The number of fused-ring (bicyclic) bond motifs is 1. The summed E-state index contributed by atoms with van der Waals surface area (Å²) < 4.78 is 1.97. The molecule has 0 radical (unpaired) electrons. The summed E-state index contributed by atoms with van der Waals surface area (Å²) >= 11 is 1.43. The number of β-lactam (4-membered cyclic amide) rings is 1. The number of hydrogen-bond donors (Lipinski definition) is 2. The Hall–Kier alpha value is -2.65. The number of amides is 2. The van der Waals surface area contributed by atoms with Crippen molar-refractivity contribution in [1.82, 2.24) is 9.80 Å². The van der Waals surface area contributed by atoms with Crippen LogP contribution in [0.2, 0.25) is 0 Å². The Labute approximate surface area is 166 Å². The highest BCUT2D eigenvalue weighted by atomic mass is 32.2. The van der Waals surface area contributed by atoms with Gasteiger partial charge in [0, 0.05) is 30.0 Å². The Morgan fingerprint density at radius 1 is 1.43 bits per heavy atom. The lowest BCUT2D eigenvalue weighted by Crippen LogP contribution is -2.68. The molecule has 2 fully saturated rings. The molecule has 2 saturated heterocycles. The summed E-state index contributed by atoms with van der Waals surface area (Å²) in [6.07, 6.45) is 4.13. The summed E-state index contributed by atoms with van der Waals surface area (Å²) in [6.45, 7) is 1.08. The zero-order valence-corrected chi connectivity index (χ0v) is 16.2. The van der Waals surface area contributed by atoms with Crippen LogP contribution in [0.15, 0.2) is 47.3 Å². The molecule has 2 amide bonds. The summed E-state index contributed by atoms with van der Waals surface area (Å²) in [7, 11) is 1.93. The second-order valence-corrected chi connectivity index (χ2v) is 8.17. The summed E-state index contributed by atoms with van der Waals surface area (Å²) in [4.78, 5) is 39.6. The van der Waals surface area contributed by atoms with E-state index in [4.69, 9.17) is 5.73 Å². The van der Waals surface area contributed by atoms with Crippen molar-refractivity contribution in [2.75, 3.05) is 12.3 Å². The molecule has 3 aliphatic heterocycles. The number of pyridine rings is 1. The van der Waals surface area contributed by atoms with Gasteiger partial charge in [-0.25, -0.2) is 9.36 Å². The van der Waals surface area contributed by atoms with Crippen molar-refractivity contribution in [3.05, 3.63) is 53.0 Å². The van der Waals surface area contributed by atoms with E-state index in [2.05, 4.69) is 0 Å². The maximum atomic E-state index is 12.8. The van der Waals surface area contributed by atoms with Gasteiger partial charge in [-0.3, -0.25) is 14.5 Å². The lowest BCUT2D eigenvalue weighted by Gasteiger charge is -2.47. The summed E-state index contributed by atoms with van der Waals surface area (Å²) in [5.41, 5.74) is 7.79. The van der Waals surface area contributed by atoms with Gasteiger partial charge in [0.25, 0.3) is 0 Å². The van der Waals surface area contributed by atoms with Gasteiger partial charge in [-0.05, 0) is 18.1 Å². The summed E-state index contributed by atoms with van der Waals surface area (Å²) in [5.74, 6) is -1.24. The number of nitrogens with two attached hydrogens (primary N) is 1. The minimum absolute atomic E-state index is 0.0522. The van der Waals surface area contributed by atoms with E-state index >= 15 is 0 Å². The molecule has 9 heteroatoms. The van der Waals surface area contributed by atoms with Crippen LogP contribution in [0.3, 0.4) is 0 Å². The molecule has 2 atom stereocenters. The fraction of sp³-hybridized carbons (Fsp3) is 0.368. The third kappa shape index (κ3) is 3.00. The van der Waals surface area contributed by atoms with Gasteiger partial charge in [0.2, 0.25) is 17.5 Å². The monoisotopic (exact) mass is 401 g/mol. The molecule has 3 N–H and O–H groups in total. The van der Waals surface area contributed by atoms with E-state index in [1.165, 1.54) is 16.7 Å². The van der Waals surface area contributed by atoms with Crippen LogP contribution in [-0.2, 0) is 28.0 Å². The van der Waals surface area contributed by atoms with Gasteiger partial charge in [-0.2, -0.15) is 0 Å². The van der Waals surface area contributed by atoms with Crippen LogP contribution in [0.5, 0.6) is 0 Å². The quantitative estimate of drug-likeness (QED) is 0.409. The normalized spacial score (nSPS) is 26.0. The van der Waals surface area contributed by atoms with Crippen LogP contribution in [0.1, 0.15) is 12.1 Å². The van der Waals surface area contributed by atoms with Gasteiger partial charge in [-0.1, -0.05) is 6.07 Å². The lowest BCUT2D eigenvalue weighted by atomic mass is 10.0. The Bertz CT molecular complexity index is 942. The van der Waals surface area contributed by atoms with E-state index in [0.29, 0.717) is 36.4 Å². The second kappa shape index (κ2) is 7.06. The molecule has 1 aromatic rings. The Kier molecular flexibility index (Phi) is 4.72. The van der Waals surface area contributed by atoms with E-state index in [1.807, 2.05) is 36.0 Å². The molecule has 0 aromatic carbocycles. The minimum Gasteiger partial charge on any atom is -0.477 e. The number of thioether (sulfide) groups is 1. The molecule has 0 unspecified atom stereocenters. The molecule has 3 aliphatic rings. The molecule has 146 valence electrons. The van der Waals surface area contributed by atoms with Crippen molar-refractivity contribution < 1.29 is 24.1 Å². The number of rotatable bonds is 4. The molecule has 0 bridgehead atoms. The SMILES string of the molecule is C[n+]1ccccc1CN1CCC(=CC2=C(C(=O)O)N3C(=O)[C@@H](N)[C@H]3SC2)C1=O. The first kappa shape index (κ1) is 18.7. The molecule has 0 saturated carbocycles. The molecule has 8 nitrogen and oxygen atoms in total. The first-order valence-corrected chi connectivity index (χ1v) is 10.0. The first-order valence-electron chi connectivity index (χ1n) is 8.98. The smallest absolute Gasteiger partial charge is 0.352 e. The topological polar surface area (TPSA) is 108 Å². The molecule has 1 aromatic heterocycles. The molecule has 28 heavy (non-hydrogen) atoms. The van der Waals surface area contributed by atoms with Crippen LogP contribution in [0.4, 0.5) is 0 Å². The van der Waals surface area contributed by atoms with Crippen molar-refractivity contribution in [3.63, 3.8) is 0 Å². The lowest BCUT2D eigenvalue weighted by molar-refractivity contribution is -0.680. The highest BCUT2D eigenvalue weighted by Crippen LogP contribution is 2.40. The van der Waals surface area contributed by atoms with Gasteiger partial charge < -0.3 is 15.7 Å². The largest absolute Gasteiger partial charge is 0.477 e. The number of carbonyl (C=O) groups excluding carboxylic acids is 2. The van der Waals surface area contributed by atoms with E-state index in [9.17, 15) is 19.5 Å². The number of aromatic nitrogens is 1. The third-order valence-electron chi connectivity index (χ3n) is 5.32. The number of carboxylic acid groups (broad SMARTS) is 1. The predicted molar refractivity (Wildman–Crippen MR) is 101 cm³/mol. The van der Waals surface area contributed by atoms with Crippen molar-refractivity contribution in [1.29, 1.82) is 0 Å². The van der Waals surface area contributed by atoms with Crippen LogP contribution in [0.25, 0.3) is 0 Å². The average molecular weight is 401 g/mol. The van der Waals surface area contributed by atoms with Crippen molar-refractivity contribution in [2.45, 2.75) is 24.4 Å². The molecular weight excluding hydrogens is 380 g/mol. The van der Waals surface area contributed by atoms with Crippen LogP contribution >= 0.6 is 11.8 Å². The number of nitrogens with zero attached hydrogens (tertiary/aromatic N) is 3. The number of hydrogen-bond acceptors (Lipinski definition) is 5. The van der Waals surface area contributed by atoms with Crippen molar-refractivity contribution in [2.24, 2.45) is 12.8 Å². The van der Waals surface area contributed by atoms with E-state index in [-0.39, 0.29) is 22.9 Å².